The number of nitrogens with one attached hydrogen (secondary N) is 3. The maximum absolute atomic E-state index is 13.0. The predicted molar refractivity (Wildman–Crippen MR) is 154 cm³/mol. The third-order valence-corrected chi connectivity index (χ3v) is 7.64. The summed E-state index contributed by atoms with van der Waals surface area (Å²) < 4.78 is 44.7. The molecule has 1 saturated carbocycles. The molecular weight excluding hydrogens is 575 g/mol. The summed E-state index contributed by atoms with van der Waals surface area (Å²) in [6.07, 6.45) is -0.972. The standard InChI is InChI=1S/C29H21ClF3N5O2S/c30-23-13-20(10-11-24(23)40-21-3-1-2-17(12-21)29(31,32)33)36-26-22-14-25(41-27(22)35-15-34-26)16-4-6-18(7-5-16)37-28(39)38-19-8-9-19/h1-7,10-15,19H,8-9H2,(H,34,35,36)(H2,37,38,39). The summed E-state index contributed by atoms with van der Waals surface area (Å²) in [6.45, 7) is 0. The van der Waals surface area contributed by atoms with Crippen molar-refractivity contribution < 1.29 is 22.7 Å². The first-order valence-electron chi connectivity index (χ1n) is 12.6. The second kappa shape index (κ2) is 10.9. The van der Waals surface area contributed by atoms with Gasteiger partial charge in [-0.3, -0.25) is 0 Å². The van der Waals surface area contributed by atoms with Crippen LogP contribution in [0, 0.1) is 0 Å². The second-order valence-corrected chi connectivity index (χ2v) is 10.8. The molecule has 0 spiro atoms. The van der Waals surface area contributed by atoms with Gasteiger partial charge in [-0.25, -0.2) is 14.8 Å². The first-order chi connectivity index (χ1) is 19.7. The molecule has 7 nitrogen and oxygen atoms in total. The Morgan fingerprint density at radius 3 is 2.49 bits per heavy atom. The summed E-state index contributed by atoms with van der Waals surface area (Å²) in [5.41, 5.74) is 1.47. The average molecular weight is 596 g/mol. The molecule has 208 valence electrons. The van der Waals surface area contributed by atoms with Gasteiger partial charge in [0.25, 0.3) is 0 Å². The third-order valence-electron chi connectivity index (χ3n) is 6.25. The lowest BCUT2D eigenvalue weighted by molar-refractivity contribution is -0.137. The number of thiophene rings is 1. The molecule has 1 fully saturated rings. The van der Waals surface area contributed by atoms with E-state index in [1.807, 2.05) is 30.3 Å². The number of urea groups is 1. The summed E-state index contributed by atoms with van der Waals surface area (Å²) in [5, 5.41) is 9.99. The van der Waals surface area contributed by atoms with Gasteiger partial charge < -0.3 is 20.7 Å². The molecule has 3 aromatic carbocycles. The smallest absolute Gasteiger partial charge is 0.416 e. The fourth-order valence-electron chi connectivity index (χ4n) is 4.06. The van der Waals surface area contributed by atoms with Crippen molar-refractivity contribution >= 4 is 56.4 Å². The molecule has 2 aromatic heterocycles. The van der Waals surface area contributed by atoms with Gasteiger partial charge in [-0.15, -0.1) is 11.3 Å². The van der Waals surface area contributed by atoms with Gasteiger partial charge in [0.15, 0.2) is 0 Å². The Morgan fingerprint density at radius 1 is 0.976 bits per heavy atom. The number of amides is 2. The largest absolute Gasteiger partial charge is 0.456 e. The molecule has 0 aliphatic heterocycles. The molecule has 12 heteroatoms. The second-order valence-electron chi connectivity index (χ2n) is 9.40. The van der Waals surface area contributed by atoms with Crippen molar-refractivity contribution in [1.29, 1.82) is 0 Å². The molecule has 0 unspecified atom stereocenters. The number of fused-ring (bicyclic) bond motifs is 1. The monoisotopic (exact) mass is 595 g/mol. The summed E-state index contributed by atoms with van der Waals surface area (Å²) in [4.78, 5) is 22.5. The van der Waals surface area contributed by atoms with Gasteiger partial charge >= 0.3 is 12.2 Å². The van der Waals surface area contributed by atoms with Crippen molar-refractivity contribution in [2.75, 3.05) is 10.6 Å². The van der Waals surface area contributed by atoms with Crippen molar-refractivity contribution in [2.45, 2.75) is 25.1 Å². The molecular formula is C29H21ClF3N5O2S. The molecule has 0 bridgehead atoms. The fourth-order valence-corrected chi connectivity index (χ4v) is 5.28. The number of carbonyl (C=O) groups is 1. The van der Waals surface area contributed by atoms with E-state index in [0.717, 1.165) is 45.6 Å². The molecule has 0 radical (unpaired) electrons. The SMILES string of the molecule is O=C(Nc1ccc(-c2cc3c(Nc4ccc(Oc5cccc(C(F)(F)F)c5)c(Cl)c4)ncnc3s2)cc1)NC1CC1. The molecule has 1 aliphatic carbocycles. The number of halogens is 4. The van der Waals surface area contributed by atoms with Crippen LogP contribution in [0.25, 0.3) is 20.7 Å². The summed E-state index contributed by atoms with van der Waals surface area (Å²) in [5.74, 6) is 0.802. The summed E-state index contributed by atoms with van der Waals surface area (Å²) in [7, 11) is 0. The zero-order valence-electron chi connectivity index (χ0n) is 21.1. The molecule has 2 amide bonds. The van der Waals surface area contributed by atoms with Gasteiger partial charge in [-0.2, -0.15) is 13.2 Å². The number of alkyl halides is 3. The van der Waals surface area contributed by atoms with Gasteiger partial charge in [0.1, 0.15) is 28.5 Å². The lowest BCUT2D eigenvalue weighted by Gasteiger charge is -2.12. The summed E-state index contributed by atoms with van der Waals surface area (Å²) >= 11 is 7.91. The number of rotatable bonds is 7. The normalized spacial score (nSPS) is 13.2. The van der Waals surface area contributed by atoms with Gasteiger partial charge in [0.05, 0.1) is 16.0 Å². The first-order valence-corrected chi connectivity index (χ1v) is 13.7. The van der Waals surface area contributed by atoms with Gasteiger partial charge in [0, 0.05) is 22.3 Å². The van der Waals surface area contributed by atoms with Crippen molar-refractivity contribution in [3.8, 4) is 21.9 Å². The van der Waals surface area contributed by atoms with Crippen LogP contribution < -0.4 is 20.7 Å². The number of nitrogens with zero attached hydrogens (tertiary/aromatic N) is 2. The van der Waals surface area contributed by atoms with Crippen LogP contribution in [0.3, 0.4) is 0 Å². The minimum Gasteiger partial charge on any atom is -0.456 e. The molecule has 41 heavy (non-hydrogen) atoms. The van der Waals surface area contributed by atoms with Crippen LogP contribution in [-0.4, -0.2) is 22.0 Å². The topological polar surface area (TPSA) is 88.2 Å². The number of anilines is 3. The van der Waals surface area contributed by atoms with Crippen molar-refractivity contribution in [1.82, 2.24) is 15.3 Å². The van der Waals surface area contributed by atoms with Crippen LogP contribution in [0.4, 0.5) is 35.2 Å². The Balaban J connectivity index is 1.17. The van der Waals surface area contributed by atoms with Gasteiger partial charge in [-0.05, 0) is 73.0 Å². The molecule has 0 atom stereocenters. The van der Waals surface area contributed by atoms with Gasteiger partial charge in [-0.1, -0.05) is 29.8 Å². The zero-order chi connectivity index (χ0) is 28.6. The van der Waals surface area contributed by atoms with E-state index in [1.54, 1.807) is 18.2 Å². The minimum atomic E-state index is -4.48. The highest BCUT2D eigenvalue weighted by atomic mass is 35.5. The molecule has 6 rings (SSSR count). The molecule has 2 heterocycles. The van der Waals surface area contributed by atoms with Crippen LogP contribution in [0.2, 0.25) is 5.02 Å². The maximum Gasteiger partial charge on any atom is 0.416 e. The van der Waals surface area contributed by atoms with Crippen molar-refractivity contribution in [3.05, 3.63) is 89.7 Å². The number of ether oxygens (including phenoxy) is 1. The van der Waals surface area contributed by atoms with E-state index in [-0.39, 0.29) is 28.6 Å². The highest BCUT2D eigenvalue weighted by Gasteiger charge is 2.30. The number of aromatic nitrogens is 2. The Morgan fingerprint density at radius 2 is 1.76 bits per heavy atom. The molecule has 1 aliphatic rings. The minimum absolute atomic E-state index is 0.0242. The Bertz CT molecular complexity index is 1740. The fraction of sp³-hybridized carbons (Fsp3) is 0.138. The van der Waals surface area contributed by atoms with Crippen LogP contribution in [0.15, 0.2) is 79.1 Å². The number of benzene rings is 3. The van der Waals surface area contributed by atoms with E-state index >= 15 is 0 Å². The third kappa shape index (κ3) is 6.36. The highest BCUT2D eigenvalue weighted by Crippen LogP contribution is 2.38. The van der Waals surface area contributed by atoms with Crippen LogP contribution >= 0.6 is 22.9 Å². The van der Waals surface area contributed by atoms with E-state index in [1.165, 1.54) is 29.8 Å². The lowest BCUT2D eigenvalue weighted by atomic mass is 10.1. The number of carbonyl (C=O) groups excluding carboxylic acids is 1. The van der Waals surface area contributed by atoms with E-state index in [2.05, 4.69) is 25.9 Å². The van der Waals surface area contributed by atoms with E-state index in [0.29, 0.717) is 17.2 Å². The van der Waals surface area contributed by atoms with Crippen LogP contribution in [0.1, 0.15) is 18.4 Å². The molecule has 0 saturated heterocycles. The van der Waals surface area contributed by atoms with Crippen molar-refractivity contribution in [2.24, 2.45) is 0 Å². The average Bonchev–Trinajstić information content (AvgIpc) is 3.64. The highest BCUT2D eigenvalue weighted by molar-refractivity contribution is 7.21. The van der Waals surface area contributed by atoms with Crippen LogP contribution in [0.5, 0.6) is 11.5 Å². The predicted octanol–water partition coefficient (Wildman–Crippen LogP) is 8.85. The molecule has 3 N–H and O–H groups in total. The Labute approximate surface area is 241 Å². The van der Waals surface area contributed by atoms with E-state index in [9.17, 15) is 18.0 Å². The Kier molecular flexibility index (Phi) is 7.14. The van der Waals surface area contributed by atoms with Crippen LogP contribution in [-0.2, 0) is 6.18 Å². The summed E-state index contributed by atoms with van der Waals surface area (Å²) in [6, 6.07) is 19.1. The first kappa shape index (κ1) is 26.9. The zero-order valence-corrected chi connectivity index (χ0v) is 22.7. The quantitative estimate of drug-likeness (QED) is 0.175. The van der Waals surface area contributed by atoms with E-state index < -0.39 is 11.7 Å². The van der Waals surface area contributed by atoms with Gasteiger partial charge in [0.2, 0.25) is 0 Å². The van der Waals surface area contributed by atoms with Crippen molar-refractivity contribution in [3.63, 3.8) is 0 Å². The Hall–Kier alpha value is -4.35. The molecule has 5 aromatic rings. The van der Waals surface area contributed by atoms with E-state index in [4.69, 9.17) is 16.3 Å². The maximum atomic E-state index is 13.0. The number of hydrogen-bond donors (Lipinski definition) is 3. The number of hydrogen-bond acceptors (Lipinski definition) is 6. The lowest BCUT2D eigenvalue weighted by Crippen LogP contribution is -2.30.